The molecule has 1 aromatic rings. The van der Waals surface area contributed by atoms with Crippen molar-refractivity contribution in [3.8, 4) is 0 Å². The molecule has 78 valence electrons. The molecule has 0 aromatic heterocycles. The lowest BCUT2D eigenvalue weighted by molar-refractivity contribution is 0.636. The zero-order valence-corrected chi connectivity index (χ0v) is 9.30. The SMILES string of the molecule is CNCCC(C)c1cccc(NC)c1. The third-order valence-electron chi connectivity index (χ3n) is 2.57. The third kappa shape index (κ3) is 3.04. The van der Waals surface area contributed by atoms with Crippen LogP contribution in [0.25, 0.3) is 0 Å². The number of benzene rings is 1. The van der Waals surface area contributed by atoms with Crippen molar-refractivity contribution >= 4 is 5.69 Å². The lowest BCUT2D eigenvalue weighted by Crippen LogP contribution is -2.10. The number of hydrogen-bond donors (Lipinski definition) is 2. The van der Waals surface area contributed by atoms with Gasteiger partial charge in [-0.2, -0.15) is 0 Å². The Morgan fingerprint density at radius 1 is 1.29 bits per heavy atom. The first kappa shape index (κ1) is 11.1. The van der Waals surface area contributed by atoms with Gasteiger partial charge >= 0.3 is 0 Å². The maximum absolute atomic E-state index is 3.18. The van der Waals surface area contributed by atoms with Gasteiger partial charge in [-0.15, -0.1) is 0 Å². The Bertz CT molecular complexity index is 271. The zero-order valence-electron chi connectivity index (χ0n) is 9.30. The maximum Gasteiger partial charge on any atom is 0.0340 e. The highest BCUT2D eigenvalue weighted by Gasteiger charge is 2.04. The van der Waals surface area contributed by atoms with Gasteiger partial charge in [0.25, 0.3) is 0 Å². The Morgan fingerprint density at radius 2 is 2.07 bits per heavy atom. The van der Waals surface area contributed by atoms with Gasteiger partial charge in [-0.25, -0.2) is 0 Å². The minimum Gasteiger partial charge on any atom is -0.388 e. The Kier molecular flexibility index (Phi) is 4.47. The summed E-state index contributed by atoms with van der Waals surface area (Å²) in [6, 6.07) is 8.62. The van der Waals surface area contributed by atoms with Crippen molar-refractivity contribution in [2.75, 3.05) is 26.0 Å². The molecule has 0 heterocycles. The summed E-state index contributed by atoms with van der Waals surface area (Å²) < 4.78 is 0. The van der Waals surface area contributed by atoms with Crippen molar-refractivity contribution in [3.05, 3.63) is 29.8 Å². The molecule has 2 heteroatoms. The van der Waals surface area contributed by atoms with Gasteiger partial charge in [0.05, 0.1) is 0 Å². The van der Waals surface area contributed by atoms with Crippen LogP contribution in [-0.4, -0.2) is 20.6 Å². The van der Waals surface area contributed by atoms with Crippen molar-refractivity contribution < 1.29 is 0 Å². The number of rotatable bonds is 5. The van der Waals surface area contributed by atoms with Gasteiger partial charge in [0.2, 0.25) is 0 Å². The van der Waals surface area contributed by atoms with Crippen LogP contribution in [0.4, 0.5) is 5.69 Å². The smallest absolute Gasteiger partial charge is 0.0340 e. The zero-order chi connectivity index (χ0) is 10.4. The predicted molar refractivity (Wildman–Crippen MR) is 62.9 cm³/mol. The molecule has 2 nitrogen and oxygen atoms in total. The molecule has 0 aliphatic carbocycles. The molecule has 14 heavy (non-hydrogen) atoms. The van der Waals surface area contributed by atoms with Gasteiger partial charge in [-0.3, -0.25) is 0 Å². The van der Waals surface area contributed by atoms with E-state index in [2.05, 4.69) is 41.8 Å². The van der Waals surface area contributed by atoms with Crippen molar-refractivity contribution in [3.63, 3.8) is 0 Å². The summed E-state index contributed by atoms with van der Waals surface area (Å²) in [6.45, 7) is 3.34. The fourth-order valence-corrected chi connectivity index (χ4v) is 1.53. The van der Waals surface area contributed by atoms with Crippen LogP contribution in [-0.2, 0) is 0 Å². The van der Waals surface area contributed by atoms with E-state index in [0.29, 0.717) is 5.92 Å². The summed E-state index contributed by atoms with van der Waals surface area (Å²) in [6.07, 6.45) is 1.18. The normalized spacial score (nSPS) is 12.5. The number of hydrogen-bond acceptors (Lipinski definition) is 2. The van der Waals surface area contributed by atoms with Crippen LogP contribution in [0.15, 0.2) is 24.3 Å². The topological polar surface area (TPSA) is 24.1 Å². The van der Waals surface area contributed by atoms with Crippen molar-refractivity contribution in [1.29, 1.82) is 0 Å². The molecule has 0 saturated heterocycles. The van der Waals surface area contributed by atoms with Crippen LogP contribution in [0.1, 0.15) is 24.8 Å². The highest BCUT2D eigenvalue weighted by atomic mass is 14.8. The lowest BCUT2D eigenvalue weighted by atomic mass is 9.97. The monoisotopic (exact) mass is 192 g/mol. The predicted octanol–water partition coefficient (Wildman–Crippen LogP) is 2.44. The van der Waals surface area contributed by atoms with E-state index < -0.39 is 0 Å². The lowest BCUT2D eigenvalue weighted by Gasteiger charge is -2.12. The van der Waals surface area contributed by atoms with Crippen LogP contribution in [0.3, 0.4) is 0 Å². The summed E-state index contributed by atoms with van der Waals surface area (Å²) in [7, 11) is 3.95. The fourth-order valence-electron chi connectivity index (χ4n) is 1.53. The van der Waals surface area contributed by atoms with E-state index in [1.165, 1.54) is 17.7 Å². The molecule has 1 unspecified atom stereocenters. The number of nitrogens with one attached hydrogen (secondary N) is 2. The second kappa shape index (κ2) is 5.66. The van der Waals surface area contributed by atoms with Crippen LogP contribution in [0.5, 0.6) is 0 Å². The molecule has 0 aliphatic rings. The standard InChI is InChI=1S/C12H20N2/c1-10(7-8-13-2)11-5-4-6-12(9-11)14-3/h4-6,9-10,13-14H,7-8H2,1-3H3. The average Bonchev–Trinajstić information content (AvgIpc) is 2.26. The molecule has 0 bridgehead atoms. The third-order valence-corrected chi connectivity index (χ3v) is 2.57. The molecule has 0 amide bonds. The van der Waals surface area contributed by atoms with E-state index in [1.54, 1.807) is 0 Å². The quantitative estimate of drug-likeness (QED) is 0.748. The fraction of sp³-hybridized carbons (Fsp3) is 0.500. The molecule has 0 saturated carbocycles. The molecule has 0 radical (unpaired) electrons. The second-order valence-corrected chi connectivity index (χ2v) is 3.67. The Hall–Kier alpha value is -1.02. The van der Waals surface area contributed by atoms with E-state index in [4.69, 9.17) is 0 Å². The molecule has 1 atom stereocenters. The molecule has 1 rings (SSSR count). The molecule has 2 N–H and O–H groups in total. The first-order valence-corrected chi connectivity index (χ1v) is 5.20. The van der Waals surface area contributed by atoms with Crippen molar-refractivity contribution in [2.45, 2.75) is 19.3 Å². The summed E-state index contributed by atoms with van der Waals surface area (Å²) in [4.78, 5) is 0. The second-order valence-electron chi connectivity index (χ2n) is 3.67. The van der Waals surface area contributed by atoms with Crippen LogP contribution < -0.4 is 10.6 Å². The van der Waals surface area contributed by atoms with Crippen LogP contribution in [0.2, 0.25) is 0 Å². The van der Waals surface area contributed by atoms with Crippen LogP contribution >= 0.6 is 0 Å². The van der Waals surface area contributed by atoms with Gasteiger partial charge in [0, 0.05) is 12.7 Å². The largest absolute Gasteiger partial charge is 0.388 e. The Labute approximate surface area is 86.7 Å². The minimum absolute atomic E-state index is 0.621. The summed E-state index contributed by atoms with van der Waals surface area (Å²) in [5, 5.41) is 6.34. The van der Waals surface area contributed by atoms with E-state index in [9.17, 15) is 0 Å². The van der Waals surface area contributed by atoms with E-state index in [0.717, 1.165) is 6.54 Å². The molecule has 1 aromatic carbocycles. The van der Waals surface area contributed by atoms with Crippen LogP contribution in [0, 0.1) is 0 Å². The maximum atomic E-state index is 3.18. The summed E-state index contributed by atoms with van der Waals surface area (Å²) in [5.74, 6) is 0.621. The van der Waals surface area contributed by atoms with Gasteiger partial charge in [-0.1, -0.05) is 19.1 Å². The van der Waals surface area contributed by atoms with Crippen molar-refractivity contribution in [1.82, 2.24) is 5.32 Å². The molecule has 0 fully saturated rings. The van der Waals surface area contributed by atoms with Crippen molar-refractivity contribution in [2.24, 2.45) is 0 Å². The van der Waals surface area contributed by atoms with E-state index in [-0.39, 0.29) is 0 Å². The molecular weight excluding hydrogens is 172 g/mol. The Balaban J connectivity index is 2.64. The molecule has 0 aliphatic heterocycles. The minimum atomic E-state index is 0.621. The first-order valence-electron chi connectivity index (χ1n) is 5.20. The van der Waals surface area contributed by atoms with E-state index in [1.807, 2.05) is 14.1 Å². The average molecular weight is 192 g/mol. The Morgan fingerprint density at radius 3 is 2.71 bits per heavy atom. The molecular formula is C12H20N2. The molecule has 0 spiro atoms. The highest BCUT2D eigenvalue weighted by molar-refractivity contribution is 5.45. The van der Waals surface area contributed by atoms with Gasteiger partial charge in [-0.05, 0) is 43.6 Å². The van der Waals surface area contributed by atoms with Gasteiger partial charge < -0.3 is 10.6 Å². The van der Waals surface area contributed by atoms with Gasteiger partial charge in [0.15, 0.2) is 0 Å². The number of anilines is 1. The summed E-state index contributed by atoms with van der Waals surface area (Å²) >= 11 is 0. The van der Waals surface area contributed by atoms with Gasteiger partial charge in [0.1, 0.15) is 0 Å². The highest BCUT2D eigenvalue weighted by Crippen LogP contribution is 2.21. The van der Waals surface area contributed by atoms with E-state index >= 15 is 0 Å². The summed E-state index contributed by atoms with van der Waals surface area (Å²) in [5.41, 5.74) is 2.60. The first-order chi connectivity index (χ1) is 6.77.